The molecule has 0 aliphatic carbocycles. The minimum absolute atomic E-state index is 0.00967. The van der Waals surface area contributed by atoms with Crippen molar-refractivity contribution in [2.24, 2.45) is 0 Å². The second kappa shape index (κ2) is 16.2. The van der Waals surface area contributed by atoms with Gasteiger partial charge in [0.25, 0.3) is 11.8 Å². The summed E-state index contributed by atoms with van der Waals surface area (Å²) in [5.41, 5.74) is 2.27. The lowest BCUT2D eigenvalue weighted by atomic mass is 9.96. The van der Waals surface area contributed by atoms with Crippen molar-refractivity contribution >= 4 is 68.9 Å². The summed E-state index contributed by atoms with van der Waals surface area (Å²) in [6.07, 6.45) is -0.810. The summed E-state index contributed by atoms with van der Waals surface area (Å²) >= 11 is 0. The number of pyridine rings is 2. The van der Waals surface area contributed by atoms with Crippen LogP contribution in [0.4, 0.5) is 0 Å². The largest absolute Gasteiger partial charge is 0.463 e. The Morgan fingerprint density at radius 3 is 2.05 bits per heavy atom. The van der Waals surface area contributed by atoms with Crippen LogP contribution in [0, 0.1) is 0 Å². The smallest absolute Gasteiger partial charge is 0.303 e. The molecule has 294 valence electrons. The number of benzene rings is 1. The van der Waals surface area contributed by atoms with Crippen LogP contribution in [0.25, 0.3) is 33.2 Å². The molecule has 6 heterocycles. The van der Waals surface area contributed by atoms with Crippen molar-refractivity contribution in [3.8, 4) is 0 Å². The second-order valence-electron chi connectivity index (χ2n) is 13.3. The Morgan fingerprint density at radius 2 is 1.37 bits per heavy atom. The number of H-pyrrole nitrogens is 1. The van der Waals surface area contributed by atoms with Crippen molar-refractivity contribution in [3.63, 3.8) is 0 Å². The minimum atomic E-state index is -1.48. The molecule has 5 atom stereocenters. The van der Waals surface area contributed by atoms with Crippen molar-refractivity contribution in [3.05, 3.63) is 96.1 Å². The van der Waals surface area contributed by atoms with Gasteiger partial charge in [0, 0.05) is 74.4 Å². The Balaban J connectivity index is 1.39. The molecule has 0 saturated carbocycles. The van der Waals surface area contributed by atoms with Crippen molar-refractivity contribution in [1.82, 2.24) is 24.4 Å². The van der Waals surface area contributed by atoms with E-state index in [1.54, 1.807) is 36.7 Å². The second-order valence-corrected chi connectivity index (χ2v) is 13.3. The van der Waals surface area contributed by atoms with Gasteiger partial charge in [0.1, 0.15) is 30.7 Å². The van der Waals surface area contributed by atoms with Gasteiger partial charge in [0.2, 0.25) is 0 Å². The molecule has 17 heteroatoms. The van der Waals surface area contributed by atoms with Crippen LogP contribution in [-0.4, -0.2) is 97.9 Å². The number of carbonyl (C=O) groups is 6. The van der Waals surface area contributed by atoms with Crippen LogP contribution >= 0.6 is 0 Å². The van der Waals surface area contributed by atoms with Crippen molar-refractivity contribution in [1.29, 1.82) is 0 Å². The van der Waals surface area contributed by atoms with E-state index in [9.17, 15) is 28.8 Å². The monoisotopic (exact) mass is 779 g/mol. The number of ether oxygens (including phenoxy) is 6. The lowest BCUT2D eigenvalue weighted by Crippen LogP contribution is -2.60. The summed E-state index contributed by atoms with van der Waals surface area (Å²) in [6, 6.07) is 16.1. The zero-order chi connectivity index (χ0) is 40.4. The summed E-state index contributed by atoms with van der Waals surface area (Å²) in [6.45, 7) is 3.87. The van der Waals surface area contributed by atoms with Crippen LogP contribution in [0.15, 0.2) is 79.4 Å². The van der Waals surface area contributed by atoms with E-state index in [0.29, 0.717) is 22.0 Å². The highest BCUT2D eigenvalue weighted by Gasteiger charge is 2.53. The molecule has 0 unspecified atom stereocenters. The first-order chi connectivity index (χ1) is 27.4. The molecular weight excluding hydrogens is 742 g/mol. The van der Waals surface area contributed by atoms with E-state index in [4.69, 9.17) is 28.4 Å². The number of aromatic amines is 1. The number of rotatable bonds is 12. The van der Waals surface area contributed by atoms with Crippen LogP contribution < -0.4 is 0 Å². The molecule has 1 aromatic carbocycles. The van der Waals surface area contributed by atoms with Gasteiger partial charge in [-0.25, -0.2) is 14.9 Å². The van der Waals surface area contributed by atoms with E-state index in [1.165, 1.54) is 23.9 Å². The molecule has 1 N–H and O–H groups in total. The average Bonchev–Trinajstić information content (AvgIpc) is 3.84. The Bertz CT molecular complexity index is 2420. The third-order valence-corrected chi connectivity index (χ3v) is 9.32. The van der Waals surface area contributed by atoms with E-state index in [2.05, 4.69) is 15.0 Å². The maximum Gasteiger partial charge on any atom is 0.303 e. The van der Waals surface area contributed by atoms with Gasteiger partial charge in [-0.2, -0.15) is 0 Å². The van der Waals surface area contributed by atoms with Gasteiger partial charge >= 0.3 is 23.9 Å². The summed E-state index contributed by atoms with van der Waals surface area (Å²) in [4.78, 5) is 91.6. The molecule has 0 spiro atoms. The topological polar surface area (TPSA) is 208 Å². The lowest BCUT2D eigenvalue weighted by Gasteiger charge is -2.44. The van der Waals surface area contributed by atoms with Gasteiger partial charge in [-0.05, 0) is 29.8 Å². The van der Waals surface area contributed by atoms with Gasteiger partial charge in [-0.3, -0.25) is 28.8 Å². The van der Waals surface area contributed by atoms with Gasteiger partial charge < -0.3 is 38.0 Å². The molecule has 2 amide bonds. The fourth-order valence-corrected chi connectivity index (χ4v) is 7.09. The molecule has 1 fully saturated rings. The minimum Gasteiger partial charge on any atom is -0.463 e. The maximum absolute atomic E-state index is 14.6. The van der Waals surface area contributed by atoms with Gasteiger partial charge in [-0.1, -0.05) is 30.3 Å². The quantitative estimate of drug-likeness (QED) is 0.109. The first-order valence-corrected chi connectivity index (χ1v) is 17.8. The number of nitrogens with one attached hydrogen (secondary N) is 1. The third-order valence-electron chi connectivity index (χ3n) is 9.32. The number of imide groups is 1. The van der Waals surface area contributed by atoms with E-state index in [1.807, 2.05) is 30.3 Å². The summed E-state index contributed by atoms with van der Waals surface area (Å²) in [5.74, 6) is -4.33. The Hall–Kier alpha value is -6.72. The fourth-order valence-electron chi connectivity index (χ4n) is 7.09. The lowest BCUT2D eigenvalue weighted by molar-refractivity contribution is -0.267. The number of fused-ring (bicyclic) bond motifs is 2. The molecule has 5 aromatic rings. The molecule has 7 rings (SSSR count). The van der Waals surface area contributed by atoms with Gasteiger partial charge in [0.05, 0.1) is 17.8 Å². The number of esters is 4. The highest BCUT2D eigenvalue weighted by molar-refractivity contribution is 6.50. The van der Waals surface area contributed by atoms with E-state index < -0.39 is 72.9 Å². The molecule has 2 aliphatic heterocycles. The Labute approximate surface area is 324 Å². The first-order valence-electron chi connectivity index (χ1n) is 17.8. The normalized spacial score (nSPS) is 20.9. The zero-order valence-corrected chi connectivity index (χ0v) is 31.2. The molecule has 2 aliphatic rings. The summed E-state index contributed by atoms with van der Waals surface area (Å²) < 4.78 is 36.0. The summed E-state index contributed by atoms with van der Waals surface area (Å²) in [5, 5.41) is 0.976. The molecule has 0 radical (unpaired) electrons. The number of hydrogen-bond acceptors (Lipinski definition) is 14. The SMILES string of the molecule is CC(=O)OC[C@H]1O[C@@H](n2cc(C3=C(c4c[nH]c5ncccc45)C(=O)N(COCc4ccccc4)C3=O)c3cccnc32)[C@H](OC(C)=O)[C@@H](OC(C)=O)[C@@H]1OC(C)=O. The maximum atomic E-state index is 14.6. The molecule has 57 heavy (non-hydrogen) atoms. The molecule has 17 nitrogen and oxygen atoms in total. The Kier molecular flexibility index (Phi) is 10.9. The van der Waals surface area contributed by atoms with Crippen LogP contribution in [-0.2, 0) is 63.8 Å². The predicted molar refractivity (Wildman–Crippen MR) is 198 cm³/mol. The van der Waals surface area contributed by atoms with Crippen molar-refractivity contribution in [2.45, 2.75) is 64.9 Å². The van der Waals surface area contributed by atoms with Gasteiger partial charge in [0.15, 0.2) is 24.5 Å². The molecule has 1 saturated heterocycles. The van der Waals surface area contributed by atoms with Crippen molar-refractivity contribution < 1.29 is 57.2 Å². The first kappa shape index (κ1) is 38.6. The van der Waals surface area contributed by atoms with Crippen LogP contribution in [0.1, 0.15) is 50.6 Å². The fraction of sp³-hybridized carbons (Fsp3) is 0.300. The van der Waals surface area contributed by atoms with Crippen LogP contribution in [0.2, 0.25) is 0 Å². The number of nitrogens with zero attached hydrogens (tertiary/aromatic N) is 4. The van der Waals surface area contributed by atoms with E-state index in [0.717, 1.165) is 31.2 Å². The number of carbonyl (C=O) groups excluding carboxylic acids is 6. The third kappa shape index (κ3) is 7.74. The standard InChI is InChI=1S/C40H37N5O12/c1-21(46)53-19-30-33(54-22(2)47)34(55-23(3)48)35(56-24(4)49)40(57-30)44-17-29(27-13-9-15-42-37(27)44)32-31(28-16-43-36-26(28)12-8-14-41-36)38(50)45(39(32)51)20-52-18-25-10-6-5-7-11-25/h5-17,30,33-35,40H,18-20H2,1-4H3,(H,41,43)/t30-,33-,34+,35-,40-/m1/s1. The Morgan fingerprint density at radius 1 is 0.737 bits per heavy atom. The molecule has 0 bridgehead atoms. The van der Waals surface area contributed by atoms with Gasteiger partial charge in [-0.15, -0.1) is 0 Å². The van der Waals surface area contributed by atoms with Crippen LogP contribution in [0.5, 0.6) is 0 Å². The highest BCUT2D eigenvalue weighted by Crippen LogP contribution is 2.43. The van der Waals surface area contributed by atoms with E-state index in [-0.39, 0.29) is 35.7 Å². The van der Waals surface area contributed by atoms with Crippen LogP contribution in [0.3, 0.4) is 0 Å². The van der Waals surface area contributed by atoms with E-state index >= 15 is 0 Å². The number of hydrogen-bond donors (Lipinski definition) is 1. The zero-order valence-electron chi connectivity index (χ0n) is 31.2. The summed E-state index contributed by atoms with van der Waals surface area (Å²) in [7, 11) is 0. The molecule has 4 aromatic heterocycles. The number of aromatic nitrogens is 4. The molecular formula is C40H37N5O12. The van der Waals surface area contributed by atoms with Crippen molar-refractivity contribution in [2.75, 3.05) is 13.3 Å². The average molecular weight is 780 g/mol. The number of amides is 2. The highest BCUT2D eigenvalue weighted by atomic mass is 16.7. The predicted octanol–water partition coefficient (Wildman–Crippen LogP) is 3.62.